The standard InChI is InChI=1S/C17H10NO.C14H12N2O.Ir/c1-2-10-16-12(6-1)13-7-5-8-14(17(13)19-16)15-9-3-4-11-18-15;1-16-12-8-4-3-7-11(12)15-14(16)10-6-2-5-9-13(10)17;/h1-7,9-11H;2-9,17H,1H3;/q-1;;. The second-order valence-corrected chi connectivity index (χ2v) is 8.41. The van der Waals surface area contributed by atoms with Crippen LogP contribution < -0.4 is 0 Å². The van der Waals surface area contributed by atoms with Crippen LogP contribution in [0.5, 0.6) is 5.75 Å². The van der Waals surface area contributed by atoms with Crippen molar-refractivity contribution in [1.29, 1.82) is 0 Å². The Balaban J connectivity index is 0.000000148. The number of phenols is 1. The number of hydrogen-bond donors (Lipinski definition) is 1. The summed E-state index contributed by atoms with van der Waals surface area (Å²) in [6.45, 7) is 0. The molecule has 0 spiro atoms. The van der Waals surface area contributed by atoms with E-state index < -0.39 is 0 Å². The Morgan fingerprint density at radius 2 is 1.57 bits per heavy atom. The summed E-state index contributed by atoms with van der Waals surface area (Å²) < 4.78 is 7.96. The van der Waals surface area contributed by atoms with Gasteiger partial charge < -0.3 is 19.1 Å². The van der Waals surface area contributed by atoms with Crippen molar-refractivity contribution in [2.75, 3.05) is 0 Å². The Hall–Kier alpha value is -4.25. The Morgan fingerprint density at radius 3 is 2.38 bits per heavy atom. The Labute approximate surface area is 227 Å². The van der Waals surface area contributed by atoms with Crippen molar-refractivity contribution in [3.63, 3.8) is 0 Å². The molecule has 6 heteroatoms. The molecule has 3 aromatic heterocycles. The number of benzene rings is 4. The van der Waals surface area contributed by atoms with Gasteiger partial charge in [0.05, 0.1) is 22.2 Å². The first kappa shape index (κ1) is 24.4. The van der Waals surface area contributed by atoms with Crippen LogP contribution in [0.25, 0.3) is 55.6 Å². The minimum absolute atomic E-state index is 0. The fourth-order valence-corrected chi connectivity index (χ4v) is 4.44. The number of aryl methyl sites for hydroxylation is 1. The SMILES string of the molecule is Cn1c(-c2ccccc2O)nc2ccccc21.[Ir].[c-]1ccc2c(oc3ccccc32)c1-c1ccccn1. The maximum Gasteiger partial charge on any atom is 0.144 e. The molecule has 0 bridgehead atoms. The number of furan rings is 1. The first-order valence-electron chi connectivity index (χ1n) is 11.6. The number of aromatic nitrogens is 3. The van der Waals surface area contributed by atoms with E-state index >= 15 is 0 Å². The maximum absolute atomic E-state index is 9.86. The van der Waals surface area contributed by atoms with Gasteiger partial charge in [-0.25, -0.2) is 4.98 Å². The third-order valence-electron chi connectivity index (χ3n) is 6.19. The van der Waals surface area contributed by atoms with Gasteiger partial charge in [0.15, 0.2) is 0 Å². The fourth-order valence-electron chi connectivity index (χ4n) is 4.44. The molecule has 7 rings (SSSR count). The molecule has 1 N–H and O–H groups in total. The summed E-state index contributed by atoms with van der Waals surface area (Å²) >= 11 is 0. The second-order valence-electron chi connectivity index (χ2n) is 8.41. The van der Waals surface area contributed by atoms with Crippen molar-refractivity contribution < 1.29 is 29.6 Å². The van der Waals surface area contributed by atoms with E-state index in [0.29, 0.717) is 0 Å². The van der Waals surface area contributed by atoms with Crippen LogP contribution in [0.3, 0.4) is 0 Å². The molecule has 7 aromatic rings. The molecule has 0 aliphatic carbocycles. The number of fused-ring (bicyclic) bond motifs is 4. The molecule has 0 aliphatic rings. The summed E-state index contributed by atoms with van der Waals surface area (Å²) in [5.41, 5.74) is 6.29. The fraction of sp³-hybridized carbons (Fsp3) is 0.0323. The topological polar surface area (TPSA) is 64.1 Å². The van der Waals surface area contributed by atoms with Gasteiger partial charge in [-0.05, 0) is 42.1 Å². The Bertz CT molecular complexity index is 1820. The number of imidazole rings is 1. The van der Waals surface area contributed by atoms with Crippen molar-refractivity contribution in [3.05, 3.63) is 115 Å². The normalized spacial score (nSPS) is 10.7. The van der Waals surface area contributed by atoms with Crippen molar-refractivity contribution in [3.8, 4) is 28.4 Å². The van der Waals surface area contributed by atoms with Gasteiger partial charge in [0.1, 0.15) is 17.2 Å². The van der Waals surface area contributed by atoms with Gasteiger partial charge in [-0.15, -0.1) is 18.2 Å². The second kappa shape index (κ2) is 10.4. The molecule has 37 heavy (non-hydrogen) atoms. The molecule has 3 heterocycles. The summed E-state index contributed by atoms with van der Waals surface area (Å²) in [6.07, 6.45) is 1.78. The number of pyridine rings is 1. The van der Waals surface area contributed by atoms with E-state index in [9.17, 15) is 5.11 Å². The maximum atomic E-state index is 9.86. The molecule has 0 unspecified atom stereocenters. The van der Waals surface area contributed by atoms with Crippen LogP contribution in [0.1, 0.15) is 0 Å². The average Bonchev–Trinajstić information content (AvgIpc) is 3.48. The largest absolute Gasteiger partial charge is 0.507 e. The number of rotatable bonds is 2. The minimum Gasteiger partial charge on any atom is -0.507 e. The zero-order valence-corrected chi connectivity index (χ0v) is 22.3. The molecule has 1 radical (unpaired) electrons. The van der Waals surface area contributed by atoms with Crippen molar-refractivity contribution >= 4 is 33.0 Å². The molecule has 0 fully saturated rings. The molecule has 5 nitrogen and oxygen atoms in total. The predicted molar refractivity (Wildman–Crippen MR) is 144 cm³/mol. The molecule has 183 valence electrons. The van der Waals surface area contributed by atoms with Crippen LogP contribution in [0.2, 0.25) is 0 Å². The number of para-hydroxylation sites is 4. The Kier molecular flexibility index (Phi) is 6.86. The summed E-state index contributed by atoms with van der Waals surface area (Å²) in [5.74, 6) is 1.04. The zero-order valence-electron chi connectivity index (χ0n) is 19.9. The molecule has 0 saturated heterocycles. The molecule has 0 aliphatic heterocycles. The van der Waals surface area contributed by atoms with Crippen LogP contribution in [-0.4, -0.2) is 19.6 Å². The van der Waals surface area contributed by atoms with Gasteiger partial charge >= 0.3 is 0 Å². The van der Waals surface area contributed by atoms with E-state index in [2.05, 4.69) is 22.1 Å². The first-order chi connectivity index (χ1) is 17.7. The molecule has 0 atom stereocenters. The number of aromatic hydroxyl groups is 1. The Morgan fingerprint density at radius 1 is 0.811 bits per heavy atom. The predicted octanol–water partition coefficient (Wildman–Crippen LogP) is 7.39. The minimum atomic E-state index is 0. The van der Waals surface area contributed by atoms with Gasteiger partial charge in [-0.2, -0.15) is 0 Å². The van der Waals surface area contributed by atoms with E-state index in [4.69, 9.17) is 4.42 Å². The van der Waals surface area contributed by atoms with E-state index in [1.54, 1.807) is 12.3 Å². The number of phenolic OH excluding ortho intramolecular Hbond substituents is 1. The van der Waals surface area contributed by atoms with Crippen LogP contribution >= 0.6 is 0 Å². The van der Waals surface area contributed by atoms with Crippen LogP contribution in [-0.2, 0) is 27.2 Å². The molecule has 0 saturated carbocycles. The van der Waals surface area contributed by atoms with Crippen LogP contribution in [0.15, 0.2) is 114 Å². The quantitative estimate of drug-likeness (QED) is 0.197. The summed E-state index contributed by atoms with van der Waals surface area (Å²) in [5, 5.41) is 12.1. The van der Waals surface area contributed by atoms with E-state index in [1.165, 1.54) is 0 Å². The van der Waals surface area contributed by atoms with E-state index in [-0.39, 0.29) is 25.9 Å². The van der Waals surface area contributed by atoms with Crippen LogP contribution in [0.4, 0.5) is 0 Å². The number of hydrogen-bond acceptors (Lipinski definition) is 4. The smallest absolute Gasteiger partial charge is 0.144 e. The molecule has 4 aromatic carbocycles. The van der Waals surface area contributed by atoms with Gasteiger partial charge in [0.25, 0.3) is 0 Å². The van der Waals surface area contributed by atoms with Crippen molar-refractivity contribution in [2.45, 2.75) is 0 Å². The van der Waals surface area contributed by atoms with Crippen LogP contribution in [0, 0.1) is 6.07 Å². The average molecular weight is 661 g/mol. The molecular weight excluding hydrogens is 639 g/mol. The van der Waals surface area contributed by atoms with Gasteiger partial charge in [-0.1, -0.05) is 65.5 Å². The van der Waals surface area contributed by atoms with Crippen molar-refractivity contribution in [2.24, 2.45) is 7.05 Å². The van der Waals surface area contributed by atoms with E-state index in [0.717, 1.165) is 55.6 Å². The molecular formula is C31H22IrN3O2-. The third kappa shape index (κ3) is 4.53. The summed E-state index contributed by atoms with van der Waals surface area (Å²) in [4.78, 5) is 8.92. The summed E-state index contributed by atoms with van der Waals surface area (Å²) in [6, 6.07) is 36.3. The van der Waals surface area contributed by atoms with Crippen molar-refractivity contribution in [1.82, 2.24) is 14.5 Å². The monoisotopic (exact) mass is 661 g/mol. The third-order valence-corrected chi connectivity index (χ3v) is 6.19. The summed E-state index contributed by atoms with van der Waals surface area (Å²) in [7, 11) is 1.96. The molecule has 0 amide bonds. The zero-order chi connectivity index (χ0) is 24.5. The van der Waals surface area contributed by atoms with Gasteiger partial charge in [0.2, 0.25) is 0 Å². The van der Waals surface area contributed by atoms with Gasteiger partial charge in [-0.3, -0.25) is 0 Å². The number of nitrogens with zero attached hydrogens (tertiary/aromatic N) is 3. The van der Waals surface area contributed by atoms with E-state index in [1.807, 2.05) is 103 Å². The van der Waals surface area contributed by atoms with Gasteiger partial charge in [0, 0.05) is 38.7 Å². The first-order valence-corrected chi connectivity index (χ1v) is 11.6.